The second-order valence-corrected chi connectivity index (χ2v) is 7.43. The molecular formula is C24H19N3O5. The van der Waals surface area contributed by atoms with Gasteiger partial charge in [0.15, 0.2) is 11.5 Å². The molecule has 1 N–H and O–H groups in total. The number of likely N-dealkylation sites (tertiary alicyclic amines) is 1. The minimum atomic E-state index is -0.787. The number of hydrogen-bond donors (Lipinski definition) is 1. The fraction of sp³-hybridized carbons (Fsp3) is 0.167. The molecule has 2 aliphatic heterocycles. The van der Waals surface area contributed by atoms with Crippen LogP contribution in [0.5, 0.6) is 11.5 Å². The molecule has 0 aliphatic carbocycles. The molecule has 1 unspecified atom stereocenters. The number of Topliss-reactive ketones (excluding diaryl/α,β-unsaturated/α-hetero) is 1. The van der Waals surface area contributed by atoms with E-state index in [1.54, 1.807) is 67.3 Å². The molecule has 8 nitrogen and oxygen atoms in total. The number of pyridine rings is 2. The Morgan fingerprint density at radius 1 is 1.00 bits per heavy atom. The lowest BCUT2D eigenvalue weighted by Gasteiger charge is -2.25. The number of hydrogen-bond acceptors (Lipinski definition) is 7. The summed E-state index contributed by atoms with van der Waals surface area (Å²) in [6, 6.07) is 11.2. The Morgan fingerprint density at radius 2 is 1.78 bits per heavy atom. The highest BCUT2D eigenvalue weighted by Gasteiger charge is 2.46. The van der Waals surface area contributed by atoms with E-state index in [0.717, 1.165) is 5.56 Å². The number of ether oxygens (including phenoxy) is 2. The van der Waals surface area contributed by atoms with Gasteiger partial charge in [0.25, 0.3) is 11.7 Å². The number of amides is 1. The zero-order chi connectivity index (χ0) is 22.1. The normalized spacial score (nSPS) is 19.2. The van der Waals surface area contributed by atoms with Crippen LogP contribution in [0.4, 0.5) is 0 Å². The van der Waals surface area contributed by atoms with Crippen molar-refractivity contribution in [1.29, 1.82) is 0 Å². The number of carbonyl (C=O) groups excluding carboxylic acids is 2. The Morgan fingerprint density at radius 3 is 2.53 bits per heavy atom. The first-order valence-corrected chi connectivity index (χ1v) is 10.1. The lowest BCUT2D eigenvalue weighted by atomic mass is 9.96. The molecule has 1 atom stereocenters. The first-order chi connectivity index (χ1) is 15.6. The summed E-state index contributed by atoms with van der Waals surface area (Å²) in [4.78, 5) is 35.7. The molecule has 0 radical (unpaired) electrons. The molecular weight excluding hydrogens is 410 g/mol. The fourth-order valence-electron chi connectivity index (χ4n) is 3.96. The molecule has 2 aromatic heterocycles. The first kappa shape index (κ1) is 19.7. The number of aliphatic hydroxyl groups excluding tert-OH is 1. The zero-order valence-electron chi connectivity index (χ0n) is 17.0. The van der Waals surface area contributed by atoms with Gasteiger partial charge in [0.1, 0.15) is 19.0 Å². The van der Waals surface area contributed by atoms with Gasteiger partial charge < -0.3 is 19.5 Å². The third-order valence-corrected chi connectivity index (χ3v) is 5.46. The minimum absolute atomic E-state index is 0.00809. The summed E-state index contributed by atoms with van der Waals surface area (Å²) >= 11 is 0. The number of rotatable bonds is 4. The van der Waals surface area contributed by atoms with E-state index in [1.807, 2.05) is 0 Å². The number of aliphatic hydroxyl groups is 1. The number of aromatic nitrogens is 2. The topological polar surface area (TPSA) is 102 Å². The summed E-state index contributed by atoms with van der Waals surface area (Å²) < 4.78 is 11.1. The summed E-state index contributed by atoms with van der Waals surface area (Å²) in [6.45, 7) is 1.02. The number of benzene rings is 1. The minimum Gasteiger partial charge on any atom is -0.507 e. The summed E-state index contributed by atoms with van der Waals surface area (Å²) in [5, 5.41) is 11.2. The number of carbonyl (C=O) groups is 2. The van der Waals surface area contributed by atoms with Gasteiger partial charge in [-0.1, -0.05) is 6.07 Å². The predicted molar refractivity (Wildman–Crippen MR) is 114 cm³/mol. The van der Waals surface area contributed by atoms with Crippen molar-refractivity contribution >= 4 is 17.4 Å². The summed E-state index contributed by atoms with van der Waals surface area (Å²) in [6.07, 6.45) is 6.45. The Kier molecular flexibility index (Phi) is 5.03. The SMILES string of the molecule is O=C1C(=O)N(Cc2ccncc2)C(c2cccnc2)/C1=C(\O)c1ccc2c(c1)OCCO2. The van der Waals surface area contributed by atoms with E-state index < -0.39 is 17.7 Å². The van der Waals surface area contributed by atoms with E-state index in [4.69, 9.17) is 9.47 Å². The van der Waals surface area contributed by atoms with Crippen molar-refractivity contribution in [2.75, 3.05) is 13.2 Å². The summed E-state index contributed by atoms with van der Waals surface area (Å²) in [5.41, 5.74) is 1.81. The summed E-state index contributed by atoms with van der Waals surface area (Å²) in [5.74, 6) is -0.666. The van der Waals surface area contributed by atoms with Crippen LogP contribution in [0.1, 0.15) is 22.7 Å². The predicted octanol–water partition coefficient (Wildman–Crippen LogP) is 2.87. The molecule has 32 heavy (non-hydrogen) atoms. The van der Waals surface area contributed by atoms with Crippen molar-refractivity contribution in [3.8, 4) is 11.5 Å². The quantitative estimate of drug-likeness (QED) is 0.387. The molecule has 2 aliphatic rings. The molecule has 1 fully saturated rings. The average Bonchev–Trinajstić information content (AvgIpc) is 3.09. The van der Waals surface area contributed by atoms with E-state index in [1.165, 1.54) is 4.90 Å². The van der Waals surface area contributed by atoms with Gasteiger partial charge in [0.05, 0.1) is 11.6 Å². The standard InChI is InChI=1S/C24H19N3O5/c28-22(16-3-4-18-19(12-16)32-11-10-31-18)20-21(17-2-1-7-26-13-17)27(24(30)23(20)29)14-15-5-8-25-9-6-15/h1-9,12-13,21,28H,10-11,14H2/b22-20+. The molecule has 1 amide bonds. The van der Waals surface area contributed by atoms with Gasteiger partial charge >= 0.3 is 0 Å². The first-order valence-electron chi connectivity index (χ1n) is 10.1. The molecule has 8 heteroatoms. The third kappa shape index (κ3) is 3.45. The number of nitrogens with zero attached hydrogens (tertiary/aromatic N) is 3. The fourth-order valence-corrected chi connectivity index (χ4v) is 3.96. The number of fused-ring (bicyclic) bond motifs is 1. The van der Waals surface area contributed by atoms with Crippen LogP contribution in [0.2, 0.25) is 0 Å². The molecule has 0 bridgehead atoms. The maximum absolute atomic E-state index is 13.1. The zero-order valence-corrected chi connectivity index (χ0v) is 17.0. The van der Waals surface area contributed by atoms with Crippen LogP contribution in [0.25, 0.3) is 5.76 Å². The highest BCUT2D eigenvalue weighted by molar-refractivity contribution is 6.46. The Bertz CT molecular complexity index is 1210. The van der Waals surface area contributed by atoms with Gasteiger partial charge in [0.2, 0.25) is 0 Å². The van der Waals surface area contributed by atoms with E-state index in [9.17, 15) is 14.7 Å². The van der Waals surface area contributed by atoms with Crippen molar-refractivity contribution < 1.29 is 24.2 Å². The number of ketones is 1. The summed E-state index contributed by atoms with van der Waals surface area (Å²) in [7, 11) is 0. The van der Waals surface area contributed by atoms with Gasteiger partial charge in [-0.3, -0.25) is 19.6 Å². The van der Waals surface area contributed by atoms with Crippen LogP contribution in [0.3, 0.4) is 0 Å². The van der Waals surface area contributed by atoms with Crippen LogP contribution in [0, 0.1) is 0 Å². The van der Waals surface area contributed by atoms with Crippen molar-refractivity contribution in [2.45, 2.75) is 12.6 Å². The molecule has 3 aromatic rings. The van der Waals surface area contributed by atoms with Crippen LogP contribution < -0.4 is 9.47 Å². The van der Waals surface area contributed by atoms with Gasteiger partial charge in [-0.15, -0.1) is 0 Å². The van der Waals surface area contributed by atoms with Gasteiger partial charge in [-0.25, -0.2) is 0 Å². The van der Waals surface area contributed by atoms with Gasteiger partial charge in [-0.05, 0) is 47.5 Å². The highest BCUT2D eigenvalue weighted by atomic mass is 16.6. The second-order valence-electron chi connectivity index (χ2n) is 7.43. The maximum Gasteiger partial charge on any atom is 0.295 e. The molecule has 5 rings (SSSR count). The van der Waals surface area contributed by atoms with Crippen LogP contribution in [-0.2, 0) is 16.1 Å². The van der Waals surface area contributed by atoms with E-state index in [0.29, 0.717) is 35.8 Å². The Balaban J connectivity index is 1.62. The molecule has 1 aromatic carbocycles. The van der Waals surface area contributed by atoms with E-state index >= 15 is 0 Å². The lowest BCUT2D eigenvalue weighted by molar-refractivity contribution is -0.140. The van der Waals surface area contributed by atoms with Gasteiger partial charge in [0, 0.05) is 36.9 Å². The second kappa shape index (κ2) is 8.14. The molecule has 160 valence electrons. The Labute approximate surface area is 183 Å². The van der Waals surface area contributed by atoms with E-state index in [-0.39, 0.29) is 17.9 Å². The molecule has 0 saturated carbocycles. The van der Waals surface area contributed by atoms with Crippen molar-refractivity contribution in [1.82, 2.24) is 14.9 Å². The van der Waals surface area contributed by atoms with Gasteiger partial charge in [-0.2, -0.15) is 0 Å². The van der Waals surface area contributed by atoms with Crippen LogP contribution >= 0.6 is 0 Å². The Hall–Kier alpha value is -4.20. The molecule has 1 saturated heterocycles. The van der Waals surface area contributed by atoms with Crippen molar-refractivity contribution in [3.05, 3.63) is 89.5 Å². The smallest absolute Gasteiger partial charge is 0.295 e. The van der Waals surface area contributed by atoms with Crippen LogP contribution in [0.15, 0.2) is 72.8 Å². The van der Waals surface area contributed by atoms with Crippen molar-refractivity contribution in [3.63, 3.8) is 0 Å². The maximum atomic E-state index is 13.1. The average molecular weight is 429 g/mol. The third-order valence-electron chi connectivity index (χ3n) is 5.46. The highest BCUT2D eigenvalue weighted by Crippen LogP contribution is 2.41. The molecule has 4 heterocycles. The largest absolute Gasteiger partial charge is 0.507 e. The van der Waals surface area contributed by atoms with Crippen LogP contribution in [-0.4, -0.2) is 44.9 Å². The monoisotopic (exact) mass is 429 g/mol. The lowest BCUT2D eigenvalue weighted by Crippen LogP contribution is -2.29. The van der Waals surface area contributed by atoms with E-state index in [2.05, 4.69) is 9.97 Å². The van der Waals surface area contributed by atoms with Crippen molar-refractivity contribution in [2.24, 2.45) is 0 Å². The molecule has 0 spiro atoms.